The fourth-order valence-electron chi connectivity index (χ4n) is 1.62. The Labute approximate surface area is 125 Å². The van der Waals surface area contributed by atoms with Gasteiger partial charge in [-0.2, -0.15) is 4.72 Å². The van der Waals surface area contributed by atoms with E-state index < -0.39 is 22.0 Å². The Morgan fingerprint density at radius 1 is 1.53 bits per heavy atom. The van der Waals surface area contributed by atoms with Crippen LogP contribution in [0.1, 0.15) is 25.1 Å². The first-order chi connectivity index (χ1) is 8.63. The zero-order valence-electron chi connectivity index (χ0n) is 10.8. The first-order valence-corrected chi connectivity index (χ1v) is 8.74. The molecule has 0 aliphatic carbocycles. The Bertz CT molecular complexity index is 565. The van der Waals surface area contributed by atoms with Gasteiger partial charge in [-0.1, -0.05) is 13.8 Å². The van der Waals surface area contributed by atoms with Gasteiger partial charge in [0.25, 0.3) is 0 Å². The number of sulfonamides is 1. The predicted octanol–water partition coefficient (Wildman–Crippen LogP) is 2.60. The molecule has 2 N–H and O–H groups in total. The van der Waals surface area contributed by atoms with E-state index in [2.05, 4.69) is 20.7 Å². The van der Waals surface area contributed by atoms with E-state index in [4.69, 9.17) is 5.11 Å². The second-order valence-corrected chi connectivity index (χ2v) is 8.93. The molecule has 0 fully saturated rings. The molecule has 0 aromatic carbocycles. The van der Waals surface area contributed by atoms with E-state index in [9.17, 15) is 13.2 Å². The maximum Gasteiger partial charge on any atom is 0.321 e. The normalized spacial score (nSPS) is 13.7. The number of carboxylic acids is 1. The van der Waals surface area contributed by atoms with Crippen molar-refractivity contribution in [3.63, 3.8) is 0 Å². The zero-order valence-corrected chi connectivity index (χ0v) is 14.0. The molecule has 0 bridgehead atoms. The Balaban J connectivity index is 3.01. The van der Waals surface area contributed by atoms with Gasteiger partial charge in [0.15, 0.2) is 0 Å². The second kappa shape index (κ2) is 6.34. The molecule has 0 saturated heterocycles. The minimum Gasteiger partial charge on any atom is -0.480 e. The summed E-state index contributed by atoms with van der Waals surface area (Å²) in [6.07, 6.45) is 0.249. The standard InChI is InChI=1S/C11H16BrNO4S2/c1-6(2)4-8(11(14)15)13-19(16,17)9-5-10(12)18-7(9)3/h5-6,8,13H,4H2,1-3H3,(H,14,15). The lowest BCUT2D eigenvalue weighted by molar-refractivity contribution is -0.139. The van der Waals surface area contributed by atoms with Gasteiger partial charge in [-0.25, -0.2) is 8.42 Å². The maximum atomic E-state index is 12.2. The Kier molecular flexibility index (Phi) is 5.54. The largest absolute Gasteiger partial charge is 0.480 e. The van der Waals surface area contributed by atoms with E-state index in [0.29, 0.717) is 8.66 Å². The van der Waals surface area contributed by atoms with Gasteiger partial charge in [0.1, 0.15) is 6.04 Å². The molecule has 1 rings (SSSR count). The quantitative estimate of drug-likeness (QED) is 0.806. The van der Waals surface area contributed by atoms with Crippen molar-refractivity contribution in [3.05, 3.63) is 14.7 Å². The van der Waals surface area contributed by atoms with Gasteiger partial charge in [0, 0.05) is 4.88 Å². The second-order valence-electron chi connectivity index (χ2n) is 4.61. The summed E-state index contributed by atoms with van der Waals surface area (Å²) >= 11 is 4.52. The molecule has 8 heteroatoms. The van der Waals surface area contributed by atoms with E-state index in [1.807, 2.05) is 13.8 Å². The lowest BCUT2D eigenvalue weighted by Gasteiger charge is -2.16. The summed E-state index contributed by atoms with van der Waals surface area (Å²) in [5.41, 5.74) is 0. The van der Waals surface area contributed by atoms with Crippen LogP contribution in [0, 0.1) is 12.8 Å². The van der Waals surface area contributed by atoms with Gasteiger partial charge < -0.3 is 5.11 Å². The number of halogens is 1. The van der Waals surface area contributed by atoms with E-state index in [-0.39, 0.29) is 17.2 Å². The van der Waals surface area contributed by atoms with Crippen LogP contribution in [-0.4, -0.2) is 25.5 Å². The number of hydrogen-bond donors (Lipinski definition) is 2. The van der Waals surface area contributed by atoms with Gasteiger partial charge in [0.05, 0.1) is 8.68 Å². The molecule has 1 unspecified atom stereocenters. The summed E-state index contributed by atoms with van der Waals surface area (Å²) in [7, 11) is -3.81. The third-order valence-corrected chi connectivity index (χ3v) is 5.71. The minimum absolute atomic E-state index is 0.0825. The van der Waals surface area contributed by atoms with Crippen molar-refractivity contribution in [2.45, 2.75) is 38.1 Å². The average molecular weight is 370 g/mol. The summed E-state index contributed by atoms with van der Waals surface area (Å²) < 4.78 is 27.3. The number of aliphatic carboxylic acids is 1. The van der Waals surface area contributed by atoms with Crippen molar-refractivity contribution in [3.8, 4) is 0 Å². The highest BCUT2D eigenvalue weighted by Crippen LogP contribution is 2.29. The Hall–Kier alpha value is -0.440. The summed E-state index contributed by atoms with van der Waals surface area (Å²) in [4.78, 5) is 11.8. The van der Waals surface area contributed by atoms with E-state index >= 15 is 0 Å². The van der Waals surface area contributed by atoms with Crippen LogP contribution in [0.5, 0.6) is 0 Å². The summed E-state index contributed by atoms with van der Waals surface area (Å²) in [6, 6.07) is 0.374. The molecule has 0 saturated carbocycles. The lowest BCUT2D eigenvalue weighted by Crippen LogP contribution is -2.41. The van der Waals surface area contributed by atoms with Crippen LogP contribution in [0.25, 0.3) is 0 Å². The Morgan fingerprint density at radius 2 is 2.11 bits per heavy atom. The van der Waals surface area contributed by atoms with E-state index in [1.54, 1.807) is 6.92 Å². The van der Waals surface area contributed by atoms with Crippen LogP contribution < -0.4 is 4.72 Å². The molecule has 0 spiro atoms. The molecule has 1 heterocycles. The number of nitrogens with one attached hydrogen (secondary N) is 1. The third-order valence-electron chi connectivity index (χ3n) is 2.43. The number of carbonyl (C=O) groups is 1. The first-order valence-electron chi connectivity index (χ1n) is 5.64. The van der Waals surface area contributed by atoms with Gasteiger partial charge in [-0.05, 0) is 41.3 Å². The van der Waals surface area contributed by atoms with Gasteiger partial charge in [-0.3, -0.25) is 4.79 Å². The highest BCUT2D eigenvalue weighted by Gasteiger charge is 2.28. The van der Waals surface area contributed by atoms with Gasteiger partial charge in [0.2, 0.25) is 10.0 Å². The molecule has 1 aromatic rings. The topological polar surface area (TPSA) is 83.5 Å². The molecule has 19 heavy (non-hydrogen) atoms. The number of rotatable bonds is 6. The molecule has 0 amide bonds. The summed E-state index contributed by atoms with van der Waals surface area (Å²) in [5, 5.41) is 9.07. The fraction of sp³-hybridized carbons (Fsp3) is 0.545. The third kappa shape index (κ3) is 4.55. The van der Waals surface area contributed by atoms with Crippen LogP contribution in [-0.2, 0) is 14.8 Å². The number of carboxylic acid groups (broad SMARTS) is 1. The van der Waals surface area contributed by atoms with E-state index in [1.165, 1.54) is 17.4 Å². The summed E-state index contributed by atoms with van der Waals surface area (Å²) in [5.74, 6) is -1.08. The van der Waals surface area contributed by atoms with Crippen molar-refractivity contribution in [1.82, 2.24) is 4.72 Å². The van der Waals surface area contributed by atoms with Crippen molar-refractivity contribution in [2.24, 2.45) is 5.92 Å². The van der Waals surface area contributed by atoms with Crippen LogP contribution in [0.3, 0.4) is 0 Å². The van der Waals surface area contributed by atoms with Gasteiger partial charge in [-0.15, -0.1) is 11.3 Å². The monoisotopic (exact) mass is 369 g/mol. The van der Waals surface area contributed by atoms with E-state index in [0.717, 1.165) is 0 Å². The molecule has 1 atom stereocenters. The van der Waals surface area contributed by atoms with Crippen LogP contribution in [0.2, 0.25) is 0 Å². The van der Waals surface area contributed by atoms with Crippen molar-refractivity contribution in [1.29, 1.82) is 0 Å². The van der Waals surface area contributed by atoms with Crippen molar-refractivity contribution >= 4 is 43.3 Å². The smallest absolute Gasteiger partial charge is 0.321 e. The first kappa shape index (κ1) is 16.6. The molecular weight excluding hydrogens is 354 g/mol. The number of hydrogen-bond acceptors (Lipinski definition) is 4. The predicted molar refractivity (Wildman–Crippen MR) is 78.0 cm³/mol. The summed E-state index contributed by atoms with van der Waals surface area (Å²) in [6.45, 7) is 5.37. The lowest BCUT2D eigenvalue weighted by atomic mass is 10.1. The molecule has 1 aromatic heterocycles. The van der Waals surface area contributed by atoms with Crippen LogP contribution >= 0.6 is 27.3 Å². The van der Waals surface area contributed by atoms with Crippen molar-refractivity contribution < 1.29 is 18.3 Å². The molecule has 108 valence electrons. The minimum atomic E-state index is -3.81. The van der Waals surface area contributed by atoms with Crippen molar-refractivity contribution in [2.75, 3.05) is 0 Å². The molecule has 0 aliphatic rings. The molecule has 0 radical (unpaired) electrons. The Morgan fingerprint density at radius 3 is 2.47 bits per heavy atom. The number of aryl methyl sites for hydroxylation is 1. The SMILES string of the molecule is Cc1sc(Br)cc1S(=O)(=O)NC(CC(C)C)C(=O)O. The van der Waals surface area contributed by atoms with Gasteiger partial charge >= 0.3 is 5.97 Å². The zero-order chi connectivity index (χ0) is 14.8. The van der Waals surface area contributed by atoms with Crippen LogP contribution in [0.15, 0.2) is 14.7 Å². The molecule has 0 aliphatic heterocycles. The van der Waals surface area contributed by atoms with Crippen LogP contribution in [0.4, 0.5) is 0 Å². The molecule has 5 nitrogen and oxygen atoms in total. The highest BCUT2D eigenvalue weighted by atomic mass is 79.9. The molecular formula is C11H16BrNO4S2. The fourth-order valence-corrected chi connectivity index (χ4v) is 5.24. The maximum absolute atomic E-state index is 12.2. The average Bonchev–Trinajstić information content (AvgIpc) is 2.56. The number of thiophene rings is 1. The highest BCUT2D eigenvalue weighted by molar-refractivity contribution is 9.11.